The molecule has 1 aliphatic heterocycles. The Labute approximate surface area is 163 Å². The normalized spacial score (nSPS) is 18.0. The number of nitrogens with one attached hydrogen (secondary N) is 1. The van der Waals surface area contributed by atoms with Crippen LogP contribution in [0.5, 0.6) is 0 Å². The molecule has 1 amide bonds. The molecule has 0 aliphatic carbocycles. The number of aromatic nitrogens is 3. The molecule has 1 saturated heterocycles. The monoisotopic (exact) mass is 399 g/mol. The number of pyridine rings is 1. The van der Waals surface area contributed by atoms with E-state index in [4.69, 9.17) is 0 Å². The number of amides is 1. The number of fused-ring (bicyclic) bond motifs is 1. The van der Waals surface area contributed by atoms with Crippen molar-refractivity contribution in [2.45, 2.75) is 30.7 Å². The van der Waals surface area contributed by atoms with Crippen LogP contribution >= 0.6 is 0 Å². The molecule has 0 bridgehead atoms. The molecule has 1 aliphatic rings. The molecular weight excluding hydrogens is 378 g/mol. The van der Waals surface area contributed by atoms with Crippen LogP contribution in [0.1, 0.15) is 18.4 Å². The quantitative estimate of drug-likeness (QED) is 0.721. The molecule has 1 N–H and O–H groups in total. The largest absolute Gasteiger partial charge is 0.296 e. The van der Waals surface area contributed by atoms with Gasteiger partial charge < -0.3 is 0 Å². The molecule has 0 spiro atoms. The van der Waals surface area contributed by atoms with Gasteiger partial charge in [0.15, 0.2) is 0 Å². The van der Waals surface area contributed by atoms with Gasteiger partial charge in [0, 0.05) is 31.2 Å². The minimum Gasteiger partial charge on any atom is -0.296 e. The van der Waals surface area contributed by atoms with Crippen LogP contribution in [0.4, 0.5) is 5.82 Å². The highest BCUT2D eigenvalue weighted by Crippen LogP contribution is 2.24. The van der Waals surface area contributed by atoms with E-state index >= 15 is 0 Å². The summed E-state index contributed by atoms with van der Waals surface area (Å²) in [6.07, 6.45) is 4.39. The lowest BCUT2D eigenvalue weighted by molar-refractivity contribution is -0.121. The Morgan fingerprint density at radius 3 is 2.82 bits per heavy atom. The van der Waals surface area contributed by atoms with Crippen LogP contribution in [-0.2, 0) is 21.9 Å². The van der Waals surface area contributed by atoms with Crippen molar-refractivity contribution in [1.29, 1.82) is 0 Å². The predicted octanol–water partition coefficient (Wildman–Crippen LogP) is 1.75. The van der Waals surface area contributed by atoms with Gasteiger partial charge >= 0.3 is 0 Å². The Hall–Kier alpha value is -2.78. The van der Waals surface area contributed by atoms with Gasteiger partial charge in [0.1, 0.15) is 16.8 Å². The average molecular weight is 399 g/mol. The predicted molar refractivity (Wildman–Crippen MR) is 105 cm³/mol. The van der Waals surface area contributed by atoms with Crippen molar-refractivity contribution in [2.75, 3.05) is 11.4 Å². The molecule has 1 fully saturated rings. The summed E-state index contributed by atoms with van der Waals surface area (Å²) in [5, 5.41) is 4.84. The first-order valence-corrected chi connectivity index (χ1v) is 10.5. The highest BCUT2D eigenvalue weighted by Gasteiger charge is 2.34. The molecule has 1 atom stereocenters. The highest BCUT2D eigenvalue weighted by atomic mass is 32.2. The number of carbonyl (C=O) groups excluding carboxylic acids is 1. The molecule has 28 heavy (non-hydrogen) atoms. The molecule has 0 saturated carbocycles. The Bertz CT molecular complexity index is 1160. The van der Waals surface area contributed by atoms with Crippen molar-refractivity contribution < 1.29 is 13.2 Å². The zero-order chi connectivity index (χ0) is 19.9. The van der Waals surface area contributed by atoms with E-state index in [1.165, 1.54) is 6.07 Å². The molecule has 8 nitrogen and oxygen atoms in total. The lowest BCUT2D eigenvalue weighted by Crippen LogP contribution is -2.52. The second-order valence-electron chi connectivity index (χ2n) is 6.96. The van der Waals surface area contributed by atoms with E-state index < -0.39 is 16.1 Å². The second-order valence-corrected chi connectivity index (χ2v) is 8.64. The second kappa shape index (κ2) is 6.99. The van der Waals surface area contributed by atoms with Crippen LogP contribution < -0.4 is 9.62 Å². The molecule has 3 heterocycles. The first-order chi connectivity index (χ1) is 13.4. The average Bonchev–Trinajstić information content (AvgIpc) is 3.08. The Morgan fingerprint density at radius 1 is 1.25 bits per heavy atom. The van der Waals surface area contributed by atoms with Crippen LogP contribution in [0.25, 0.3) is 10.9 Å². The van der Waals surface area contributed by atoms with Crippen LogP contribution in [0.3, 0.4) is 0 Å². The van der Waals surface area contributed by atoms with Gasteiger partial charge in [-0.15, -0.1) is 0 Å². The number of nitrogens with zero attached hydrogens (tertiary/aromatic N) is 4. The number of para-hydroxylation sites is 1. The van der Waals surface area contributed by atoms with Crippen LogP contribution in [-0.4, -0.2) is 41.7 Å². The van der Waals surface area contributed by atoms with Gasteiger partial charge in [-0.3, -0.25) is 19.4 Å². The third-order valence-electron chi connectivity index (χ3n) is 4.91. The Kier molecular flexibility index (Phi) is 4.64. The van der Waals surface area contributed by atoms with Gasteiger partial charge in [0.05, 0.1) is 11.7 Å². The fraction of sp³-hybridized carbons (Fsp3) is 0.316. The topological polar surface area (TPSA) is 97.2 Å². The number of carbonyl (C=O) groups is 1. The molecular formula is C19H21N5O3S. The fourth-order valence-corrected chi connectivity index (χ4v) is 4.96. The first-order valence-electron chi connectivity index (χ1n) is 9.04. The maximum Gasteiger partial charge on any atom is 0.246 e. The summed E-state index contributed by atoms with van der Waals surface area (Å²) in [5.74, 6) is 0.374. The van der Waals surface area contributed by atoms with E-state index in [2.05, 4.69) is 14.8 Å². The van der Waals surface area contributed by atoms with E-state index in [1.54, 1.807) is 41.2 Å². The standard InChI is InChI=1S/C19H21N5O3S/c1-13-11-14-5-3-7-16(18(14)20-12-13)28(26,27)22-15-6-4-10-24(19(15)25)17-8-9-21-23(17)2/h3,5,7-9,11-12,15,22H,4,6,10H2,1-2H3/t15-/m0/s1. The molecule has 3 aromatic rings. The number of benzene rings is 1. The summed E-state index contributed by atoms with van der Waals surface area (Å²) in [7, 11) is -2.17. The fourth-order valence-electron chi connectivity index (χ4n) is 3.55. The van der Waals surface area contributed by atoms with Crippen molar-refractivity contribution >= 4 is 32.7 Å². The Balaban J connectivity index is 1.65. The summed E-state index contributed by atoms with van der Waals surface area (Å²) in [6.45, 7) is 2.44. The zero-order valence-corrected chi connectivity index (χ0v) is 16.5. The van der Waals surface area contributed by atoms with E-state index in [9.17, 15) is 13.2 Å². The Morgan fingerprint density at radius 2 is 2.07 bits per heavy atom. The molecule has 146 valence electrons. The minimum atomic E-state index is -3.92. The number of rotatable bonds is 4. The highest BCUT2D eigenvalue weighted by molar-refractivity contribution is 7.89. The summed E-state index contributed by atoms with van der Waals surface area (Å²) in [6, 6.07) is 7.82. The molecule has 0 radical (unpaired) electrons. The van der Waals surface area contributed by atoms with E-state index in [1.807, 2.05) is 19.1 Å². The van der Waals surface area contributed by atoms with Crippen molar-refractivity contribution in [3.63, 3.8) is 0 Å². The van der Waals surface area contributed by atoms with Gasteiger partial charge in [-0.25, -0.2) is 8.42 Å². The van der Waals surface area contributed by atoms with Crippen molar-refractivity contribution in [1.82, 2.24) is 19.5 Å². The summed E-state index contributed by atoms with van der Waals surface area (Å²) in [5.41, 5.74) is 1.34. The number of anilines is 1. The number of hydrogen-bond donors (Lipinski definition) is 1. The maximum absolute atomic E-state index is 13.1. The molecule has 1 aromatic carbocycles. The molecule has 0 unspecified atom stereocenters. The van der Waals surface area contributed by atoms with Gasteiger partial charge in [0.2, 0.25) is 15.9 Å². The summed E-state index contributed by atoms with van der Waals surface area (Å²) < 4.78 is 30.3. The van der Waals surface area contributed by atoms with Crippen molar-refractivity contribution in [3.8, 4) is 0 Å². The zero-order valence-electron chi connectivity index (χ0n) is 15.7. The molecule has 2 aromatic heterocycles. The number of piperidine rings is 1. The lowest BCUT2D eigenvalue weighted by Gasteiger charge is -2.32. The maximum atomic E-state index is 13.1. The lowest BCUT2D eigenvalue weighted by atomic mass is 10.1. The van der Waals surface area contributed by atoms with Crippen LogP contribution in [0.2, 0.25) is 0 Å². The number of aryl methyl sites for hydroxylation is 2. The van der Waals surface area contributed by atoms with Crippen LogP contribution in [0.15, 0.2) is 47.6 Å². The van der Waals surface area contributed by atoms with Crippen molar-refractivity contribution in [3.05, 3.63) is 48.3 Å². The summed E-state index contributed by atoms with van der Waals surface area (Å²) >= 11 is 0. The number of sulfonamides is 1. The van der Waals surface area contributed by atoms with E-state index in [0.717, 1.165) is 10.9 Å². The van der Waals surface area contributed by atoms with Crippen LogP contribution in [0, 0.1) is 6.92 Å². The van der Waals surface area contributed by atoms with E-state index in [0.29, 0.717) is 30.7 Å². The SMILES string of the molecule is Cc1cnc2c(S(=O)(=O)N[C@H]3CCCN(c4ccnn4C)C3=O)cccc2c1. The molecule has 4 rings (SSSR count). The van der Waals surface area contributed by atoms with Gasteiger partial charge in [-0.05, 0) is 37.5 Å². The molecule has 9 heteroatoms. The van der Waals surface area contributed by atoms with E-state index in [-0.39, 0.29) is 10.8 Å². The third kappa shape index (κ3) is 3.27. The first kappa shape index (κ1) is 18.6. The van der Waals surface area contributed by atoms with Gasteiger partial charge in [0.25, 0.3) is 0 Å². The minimum absolute atomic E-state index is 0.0791. The summed E-state index contributed by atoms with van der Waals surface area (Å²) in [4.78, 5) is 18.9. The van der Waals surface area contributed by atoms with Crippen molar-refractivity contribution in [2.24, 2.45) is 7.05 Å². The smallest absolute Gasteiger partial charge is 0.246 e. The van der Waals surface area contributed by atoms with Gasteiger partial charge in [-0.2, -0.15) is 9.82 Å². The number of hydrogen-bond acceptors (Lipinski definition) is 5. The third-order valence-corrected chi connectivity index (χ3v) is 6.41. The van der Waals surface area contributed by atoms with Gasteiger partial charge in [-0.1, -0.05) is 12.1 Å².